The van der Waals surface area contributed by atoms with E-state index in [1.54, 1.807) is 4.90 Å². The summed E-state index contributed by atoms with van der Waals surface area (Å²) in [6, 6.07) is 18.7. The van der Waals surface area contributed by atoms with E-state index in [1.165, 1.54) is 18.4 Å². The molecule has 1 spiro atoms. The summed E-state index contributed by atoms with van der Waals surface area (Å²) < 4.78 is 4.82. The van der Waals surface area contributed by atoms with Crippen LogP contribution in [0.3, 0.4) is 0 Å². The number of carbonyl (C=O) groups excluding carboxylic acids is 2. The zero-order valence-electron chi connectivity index (χ0n) is 19.2. The maximum atomic E-state index is 13.5. The van der Waals surface area contributed by atoms with Crippen molar-refractivity contribution >= 4 is 23.3 Å². The van der Waals surface area contributed by atoms with Crippen LogP contribution in [0.15, 0.2) is 54.6 Å². The van der Waals surface area contributed by atoms with Crippen LogP contribution in [0.4, 0.5) is 11.4 Å². The highest BCUT2D eigenvalue weighted by Crippen LogP contribution is 2.39. The van der Waals surface area contributed by atoms with Crippen LogP contribution in [-0.2, 0) is 20.9 Å². The predicted molar refractivity (Wildman–Crippen MR) is 126 cm³/mol. The van der Waals surface area contributed by atoms with E-state index < -0.39 is 5.54 Å². The van der Waals surface area contributed by atoms with Crippen LogP contribution in [-0.4, -0.2) is 74.7 Å². The summed E-state index contributed by atoms with van der Waals surface area (Å²) in [4.78, 5) is 33.8. The Kier molecular flexibility index (Phi) is 6.37. The summed E-state index contributed by atoms with van der Waals surface area (Å²) in [6.07, 6.45) is 1.46. The molecule has 2 aromatic carbocycles. The third-order valence-electron chi connectivity index (χ3n) is 6.67. The summed E-state index contributed by atoms with van der Waals surface area (Å²) >= 11 is 0. The number of benzene rings is 2. The molecule has 0 atom stereocenters. The lowest BCUT2D eigenvalue weighted by molar-refractivity contribution is -0.146. The van der Waals surface area contributed by atoms with Crippen molar-refractivity contribution in [1.82, 2.24) is 9.80 Å². The number of para-hydroxylation sites is 1. The molecule has 4 rings (SSSR count). The van der Waals surface area contributed by atoms with Gasteiger partial charge in [-0.1, -0.05) is 30.3 Å². The van der Waals surface area contributed by atoms with Crippen LogP contribution >= 0.6 is 0 Å². The van der Waals surface area contributed by atoms with Crippen LogP contribution in [0.25, 0.3) is 0 Å². The number of hydrogen-bond donors (Lipinski definition) is 0. The number of esters is 1. The molecule has 0 N–H and O–H groups in total. The van der Waals surface area contributed by atoms with Gasteiger partial charge in [-0.3, -0.25) is 14.5 Å². The first-order valence-electron chi connectivity index (χ1n) is 11.1. The maximum absolute atomic E-state index is 13.5. The highest BCUT2D eigenvalue weighted by Gasteiger charge is 2.54. The molecular weight excluding hydrogens is 404 g/mol. The van der Waals surface area contributed by atoms with Gasteiger partial charge in [-0.2, -0.15) is 0 Å². The minimum atomic E-state index is -0.610. The van der Waals surface area contributed by atoms with Crippen molar-refractivity contribution < 1.29 is 14.3 Å². The zero-order chi connectivity index (χ0) is 22.7. The molecule has 170 valence electrons. The van der Waals surface area contributed by atoms with Crippen molar-refractivity contribution in [3.05, 3.63) is 60.2 Å². The lowest BCUT2D eigenvalue weighted by atomic mass is 9.85. The smallest absolute Gasteiger partial charge is 0.325 e. The topological polar surface area (TPSA) is 56.3 Å². The average Bonchev–Trinajstić information content (AvgIpc) is 3.07. The Morgan fingerprint density at radius 2 is 1.69 bits per heavy atom. The first kappa shape index (κ1) is 22.1. The number of anilines is 2. The Morgan fingerprint density at radius 3 is 2.28 bits per heavy atom. The number of rotatable bonds is 6. The number of carbonyl (C=O) groups is 2. The fraction of sp³-hybridized carbons (Fsp3) is 0.440. The molecule has 2 aliphatic rings. The molecule has 2 fully saturated rings. The highest BCUT2D eigenvalue weighted by atomic mass is 16.5. The Morgan fingerprint density at radius 1 is 1.03 bits per heavy atom. The number of nitrogens with zero attached hydrogens (tertiary/aromatic N) is 4. The van der Waals surface area contributed by atoms with Gasteiger partial charge in [0.2, 0.25) is 0 Å². The second-order valence-electron chi connectivity index (χ2n) is 8.85. The normalized spacial score (nSPS) is 18.3. The van der Waals surface area contributed by atoms with Gasteiger partial charge in [0.15, 0.2) is 0 Å². The third kappa shape index (κ3) is 4.30. The number of likely N-dealkylation sites (tertiary alicyclic amines) is 1. The quantitative estimate of drug-likeness (QED) is 0.649. The molecular formula is C25H32N4O3. The van der Waals surface area contributed by atoms with Crippen molar-refractivity contribution in [3.63, 3.8) is 0 Å². The molecule has 0 aromatic heterocycles. The largest absolute Gasteiger partial charge is 0.468 e. The molecule has 2 heterocycles. The van der Waals surface area contributed by atoms with Crippen molar-refractivity contribution in [2.75, 3.05) is 57.3 Å². The molecule has 0 aliphatic carbocycles. The van der Waals surface area contributed by atoms with Gasteiger partial charge >= 0.3 is 5.97 Å². The van der Waals surface area contributed by atoms with E-state index in [1.807, 2.05) is 44.4 Å². The number of hydrogen-bond acceptors (Lipinski definition) is 6. The van der Waals surface area contributed by atoms with Gasteiger partial charge in [0.1, 0.15) is 12.1 Å². The van der Waals surface area contributed by atoms with E-state index in [-0.39, 0.29) is 18.4 Å². The Labute approximate surface area is 190 Å². The molecule has 1 amide bonds. The van der Waals surface area contributed by atoms with Crippen LogP contribution in [0.1, 0.15) is 18.4 Å². The van der Waals surface area contributed by atoms with Gasteiger partial charge in [0, 0.05) is 45.1 Å². The molecule has 2 aliphatic heterocycles. The fourth-order valence-corrected chi connectivity index (χ4v) is 4.78. The molecule has 0 saturated carbocycles. The molecule has 0 bridgehead atoms. The third-order valence-corrected chi connectivity index (χ3v) is 6.67. The van der Waals surface area contributed by atoms with Crippen LogP contribution in [0.2, 0.25) is 0 Å². The number of methoxy groups -OCH3 is 1. The maximum Gasteiger partial charge on any atom is 0.325 e. The molecule has 0 radical (unpaired) electrons. The lowest BCUT2D eigenvalue weighted by Crippen LogP contribution is -2.56. The van der Waals surface area contributed by atoms with Crippen LogP contribution in [0.5, 0.6) is 0 Å². The van der Waals surface area contributed by atoms with Gasteiger partial charge < -0.3 is 19.4 Å². The van der Waals surface area contributed by atoms with E-state index in [2.05, 4.69) is 39.0 Å². The van der Waals surface area contributed by atoms with E-state index in [0.29, 0.717) is 6.67 Å². The molecule has 32 heavy (non-hydrogen) atoms. The summed E-state index contributed by atoms with van der Waals surface area (Å²) in [5.41, 5.74) is 2.87. The van der Waals surface area contributed by atoms with Gasteiger partial charge in [0.25, 0.3) is 5.91 Å². The first-order chi connectivity index (χ1) is 15.4. The van der Waals surface area contributed by atoms with Crippen LogP contribution in [0, 0.1) is 0 Å². The fourth-order valence-electron chi connectivity index (χ4n) is 4.78. The Bertz CT molecular complexity index is 937. The molecule has 7 heteroatoms. The number of ether oxygens (including phenoxy) is 1. The van der Waals surface area contributed by atoms with Crippen molar-refractivity contribution in [3.8, 4) is 0 Å². The minimum Gasteiger partial charge on any atom is -0.468 e. The predicted octanol–water partition coefficient (Wildman–Crippen LogP) is 2.57. The zero-order valence-corrected chi connectivity index (χ0v) is 19.2. The SMILES string of the molecule is COC(=O)CN1CN(c2ccccc2)C2(CCN(Cc3ccc(N(C)C)cc3)CC2)C1=O. The highest BCUT2D eigenvalue weighted by molar-refractivity contribution is 5.95. The summed E-state index contributed by atoms with van der Waals surface area (Å²) in [7, 11) is 5.44. The van der Waals surface area contributed by atoms with E-state index in [0.717, 1.165) is 38.2 Å². The monoisotopic (exact) mass is 436 g/mol. The van der Waals surface area contributed by atoms with E-state index in [4.69, 9.17) is 4.74 Å². The van der Waals surface area contributed by atoms with Crippen molar-refractivity contribution in [2.45, 2.75) is 24.9 Å². The molecule has 2 aromatic rings. The first-order valence-corrected chi connectivity index (χ1v) is 11.1. The minimum absolute atomic E-state index is 0.0116. The van der Waals surface area contributed by atoms with E-state index >= 15 is 0 Å². The summed E-state index contributed by atoms with van der Waals surface area (Å²) in [5, 5.41) is 0. The average molecular weight is 437 g/mol. The van der Waals surface area contributed by atoms with Gasteiger partial charge in [-0.25, -0.2) is 0 Å². The van der Waals surface area contributed by atoms with Crippen molar-refractivity contribution in [1.29, 1.82) is 0 Å². The standard InChI is InChI=1S/C25H32N4O3/c1-26(2)21-11-9-20(10-12-21)17-27-15-13-25(14-16-27)24(31)28(18-23(30)32-3)19-29(25)22-7-5-4-6-8-22/h4-12H,13-19H2,1-3H3. The number of piperidine rings is 1. The second-order valence-corrected chi connectivity index (χ2v) is 8.85. The van der Waals surface area contributed by atoms with Gasteiger partial charge in [0.05, 0.1) is 13.8 Å². The molecule has 7 nitrogen and oxygen atoms in total. The summed E-state index contributed by atoms with van der Waals surface area (Å²) in [6.45, 7) is 2.93. The second kappa shape index (κ2) is 9.20. The Hall–Kier alpha value is -3.06. The molecule has 0 unspecified atom stereocenters. The lowest BCUT2D eigenvalue weighted by Gasteiger charge is -2.43. The Balaban J connectivity index is 1.49. The summed E-state index contributed by atoms with van der Waals surface area (Å²) in [5.74, 6) is -0.358. The van der Waals surface area contributed by atoms with Gasteiger partial charge in [-0.05, 0) is 42.7 Å². The number of amides is 1. The van der Waals surface area contributed by atoms with Crippen LogP contribution < -0.4 is 9.80 Å². The van der Waals surface area contributed by atoms with Crippen molar-refractivity contribution in [2.24, 2.45) is 0 Å². The van der Waals surface area contributed by atoms with Gasteiger partial charge in [-0.15, -0.1) is 0 Å². The molecule has 2 saturated heterocycles. The van der Waals surface area contributed by atoms with E-state index in [9.17, 15) is 9.59 Å².